The molecule has 98 valence electrons. The van der Waals surface area contributed by atoms with Gasteiger partial charge in [-0.05, 0) is 24.0 Å². The standard InChI is InChI=1S/C15H21NO2/c1-10(2)14-7-11-3-4-12(8-15(11)16-14)18-13-5-6-17-9-13/h3-4,8,10,13-14,16H,5-7,9H2,1-2H3. The molecular formula is C15H21NO2. The van der Waals surface area contributed by atoms with E-state index in [4.69, 9.17) is 9.47 Å². The highest BCUT2D eigenvalue weighted by Crippen LogP contribution is 2.32. The first-order valence-corrected chi connectivity index (χ1v) is 6.86. The van der Waals surface area contributed by atoms with Crippen LogP contribution < -0.4 is 10.1 Å². The van der Waals surface area contributed by atoms with Gasteiger partial charge in [0.05, 0.1) is 13.2 Å². The summed E-state index contributed by atoms with van der Waals surface area (Å²) < 4.78 is 11.3. The Labute approximate surface area is 108 Å². The van der Waals surface area contributed by atoms with Crippen molar-refractivity contribution in [3.05, 3.63) is 23.8 Å². The Morgan fingerprint density at radius 1 is 1.39 bits per heavy atom. The van der Waals surface area contributed by atoms with Crippen LogP contribution in [0.2, 0.25) is 0 Å². The van der Waals surface area contributed by atoms with E-state index in [2.05, 4.69) is 37.4 Å². The highest BCUT2D eigenvalue weighted by atomic mass is 16.5. The molecule has 3 nitrogen and oxygen atoms in total. The smallest absolute Gasteiger partial charge is 0.124 e. The number of benzene rings is 1. The fourth-order valence-electron chi connectivity index (χ4n) is 2.63. The molecule has 0 saturated carbocycles. The highest BCUT2D eigenvalue weighted by molar-refractivity contribution is 5.60. The van der Waals surface area contributed by atoms with E-state index in [9.17, 15) is 0 Å². The molecule has 0 radical (unpaired) electrons. The molecule has 0 bridgehead atoms. The van der Waals surface area contributed by atoms with Gasteiger partial charge in [0.2, 0.25) is 0 Å². The molecule has 3 heteroatoms. The predicted molar refractivity (Wildman–Crippen MR) is 72.2 cm³/mol. The molecule has 0 aliphatic carbocycles. The lowest BCUT2D eigenvalue weighted by atomic mass is 10.0. The van der Waals surface area contributed by atoms with Crippen molar-refractivity contribution in [3.8, 4) is 5.75 Å². The average Bonchev–Trinajstić information content (AvgIpc) is 2.96. The van der Waals surface area contributed by atoms with Crippen LogP contribution in [0.15, 0.2) is 18.2 Å². The summed E-state index contributed by atoms with van der Waals surface area (Å²) in [6, 6.07) is 6.97. The largest absolute Gasteiger partial charge is 0.488 e. The quantitative estimate of drug-likeness (QED) is 0.891. The van der Waals surface area contributed by atoms with Crippen molar-refractivity contribution in [1.82, 2.24) is 0 Å². The molecule has 2 aliphatic heterocycles. The van der Waals surface area contributed by atoms with Gasteiger partial charge >= 0.3 is 0 Å². The van der Waals surface area contributed by atoms with Crippen LogP contribution in [0.3, 0.4) is 0 Å². The lowest BCUT2D eigenvalue weighted by Crippen LogP contribution is -2.21. The van der Waals surface area contributed by atoms with E-state index >= 15 is 0 Å². The SMILES string of the molecule is CC(C)C1Cc2ccc(OC3CCOC3)cc2N1. The van der Waals surface area contributed by atoms with Crippen molar-refractivity contribution in [1.29, 1.82) is 0 Å². The van der Waals surface area contributed by atoms with E-state index < -0.39 is 0 Å². The Hall–Kier alpha value is -1.22. The number of nitrogens with one attached hydrogen (secondary N) is 1. The maximum absolute atomic E-state index is 5.93. The van der Waals surface area contributed by atoms with Gasteiger partial charge in [-0.1, -0.05) is 19.9 Å². The van der Waals surface area contributed by atoms with E-state index in [1.807, 2.05) is 0 Å². The molecule has 2 aliphatic rings. The van der Waals surface area contributed by atoms with Gasteiger partial charge in [0.15, 0.2) is 0 Å². The summed E-state index contributed by atoms with van der Waals surface area (Å²) in [7, 11) is 0. The monoisotopic (exact) mass is 247 g/mol. The lowest BCUT2D eigenvalue weighted by Gasteiger charge is -2.15. The molecule has 1 aromatic rings. The van der Waals surface area contributed by atoms with E-state index in [1.54, 1.807) is 0 Å². The summed E-state index contributed by atoms with van der Waals surface area (Å²) in [5.74, 6) is 1.62. The minimum atomic E-state index is 0.227. The summed E-state index contributed by atoms with van der Waals surface area (Å²) in [4.78, 5) is 0. The van der Waals surface area contributed by atoms with E-state index in [1.165, 1.54) is 11.3 Å². The van der Waals surface area contributed by atoms with Crippen LogP contribution >= 0.6 is 0 Å². The lowest BCUT2D eigenvalue weighted by molar-refractivity contribution is 0.141. The van der Waals surface area contributed by atoms with Crippen molar-refractivity contribution >= 4 is 5.69 Å². The second kappa shape index (κ2) is 4.81. The van der Waals surface area contributed by atoms with Gasteiger partial charge in [0.1, 0.15) is 11.9 Å². The second-order valence-corrected chi connectivity index (χ2v) is 5.62. The van der Waals surface area contributed by atoms with Gasteiger partial charge in [-0.2, -0.15) is 0 Å². The van der Waals surface area contributed by atoms with Crippen LogP contribution in [0.4, 0.5) is 5.69 Å². The molecule has 1 N–H and O–H groups in total. The Kier molecular flexibility index (Phi) is 3.16. The van der Waals surface area contributed by atoms with Crippen LogP contribution in [0.25, 0.3) is 0 Å². The molecule has 2 unspecified atom stereocenters. The van der Waals surface area contributed by atoms with Crippen LogP contribution in [-0.2, 0) is 11.2 Å². The van der Waals surface area contributed by atoms with Gasteiger partial charge in [-0.25, -0.2) is 0 Å². The minimum Gasteiger partial charge on any atom is -0.488 e. The van der Waals surface area contributed by atoms with Crippen molar-refractivity contribution in [2.24, 2.45) is 5.92 Å². The summed E-state index contributed by atoms with van der Waals surface area (Å²) in [5.41, 5.74) is 2.65. The number of anilines is 1. The minimum absolute atomic E-state index is 0.227. The summed E-state index contributed by atoms with van der Waals surface area (Å²) in [6.45, 7) is 6.07. The molecule has 2 heterocycles. The number of rotatable bonds is 3. The Balaban J connectivity index is 1.71. The normalized spacial score (nSPS) is 26.2. The van der Waals surface area contributed by atoms with Crippen LogP contribution in [0.5, 0.6) is 5.75 Å². The molecule has 0 amide bonds. The van der Waals surface area contributed by atoms with Gasteiger partial charge in [-0.15, -0.1) is 0 Å². The summed E-state index contributed by atoms with van der Waals surface area (Å²) >= 11 is 0. The second-order valence-electron chi connectivity index (χ2n) is 5.62. The number of hydrogen-bond acceptors (Lipinski definition) is 3. The highest BCUT2D eigenvalue weighted by Gasteiger charge is 2.24. The Bertz CT molecular complexity index is 425. The fourth-order valence-corrected chi connectivity index (χ4v) is 2.63. The maximum Gasteiger partial charge on any atom is 0.124 e. The first-order chi connectivity index (χ1) is 8.72. The molecule has 0 aromatic heterocycles. The summed E-state index contributed by atoms with van der Waals surface area (Å²) in [6.07, 6.45) is 2.35. The van der Waals surface area contributed by atoms with E-state index in [0.29, 0.717) is 12.0 Å². The molecule has 0 spiro atoms. The van der Waals surface area contributed by atoms with Gasteiger partial charge in [-0.3, -0.25) is 0 Å². The number of ether oxygens (including phenoxy) is 2. The maximum atomic E-state index is 5.93. The van der Waals surface area contributed by atoms with Crippen molar-refractivity contribution in [2.75, 3.05) is 18.5 Å². The zero-order chi connectivity index (χ0) is 12.5. The van der Waals surface area contributed by atoms with Crippen molar-refractivity contribution in [2.45, 2.75) is 38.8 Å². The number of hydrogen-bond donors (Lipinski definition) is 1. The van der Waals surface area contributed by atoms with Crippen molar-refractivity contribution < 1.29 is 9.47 Å². The molecule has 3 rings (SSSR count). The Morgan fingerprint density at radius 3 is 3.00 bits per heavy atom. The third-order valence-corrected chi connectivity index (χ3v) is 3.86. The predicted octanol–water partition coefficient (Wildman–Crippen LogP) is 2.85. The third kappa shape index (κ3) is 2.32. The average molecular weight is 247 g/mol. The molecule has 1 saturated heterocycles. The number of fused-ring (bicyclic) bond motifs is 1. The van der Waals surface area contributed by atoms with Crippen LogP contribution in [0.1, 0.15) is 25.8 Å². The molecule has 1 fully saturated rings. The van der Waals surface area contributed by atoms with Gasteiger partial charge in [0.25, 0.3) is 0 Å². The molecular weight excluding hydrogens is 226 g/mol. The fraction of sp³-hybridized carbons (Fsp3) is 0.600. The molecule has 1 aromatic carbocycles. The molecule has 18 heavy (non-hydrogen) atoms. The zero-order valence-corrected chi connectivity index (χ0v) is 11.1. The zero-order valence-electron chi connectivity index (χ0n) is 11.1. The first-order valence-electron chi connectivity index (χ1n) is 6.86. The summed E-state index contributed by atoms with van der Waals surface area (Å²) in [5, 5.41) is 3.59. The van der Waals surface area contributed by atoms with Gasteiger partial charge in [0, 0.05) is 24.2 Å². The Morgan fingerprint density at radius 2 is 2.28 bits per heavy atom. The molecule has 2 atom stereocenters. The van der Waals surface area contributed by atoms with Crippen molar-refractivity contribution in [3.63, 3.8) is 0 Å². The van der Waals surface area contributed by atoms with Crippen LogP contribution in [0, 0.1) is 5.92 Å². The van der Waals surface area contributed by atoms with Crippen LogP contribution in [-0.4, -0.2) is 25.4 Å². The first kappa shape index (κ1) is 11.8. The topological polar surface area (TPSA) is 30.5 Å². The third-order valence-electron chi connectivity index (χ3n) is 3.86. The van der Waals surface area contributed by atoms with E-state index in [-0.39, 0.29) is 6.10 Å². The van der Waals surface area contributed by atoms with Gasteiger partial charge < -0.3 is 14.8 Å². The van der Waals surface area contributed by atoms with E-state index in [0.717, 1.165) is 31.8 Å².